The highest BCUT2D eigenvalue weighted by Gasteiger charge is 2.07. The molecular weight excluding hydrogens is 200 g/mol. The third-order valence-corrected chi connectivity index (χ3v) is 2.51. The molecule has 0 radical (unpaired) electrons. The molecule has 4 heteroatoms. The standard InChI is InChI=1S/C10H17ClN2O/c1-4-8(3)14-7-10-9(11)6-13(5-2)12-10/h6,8H,4-5,7H2,1-3H3/t8-/m1/s1. The normalized spacial score (nSPS) is 13.1. The summed E-state index contributed by atoms with van der Waals surface area (Å²) in [6.07, 6.45) is 3.10. The van der Waals surface area contributed by atoms with Gasteiger partial charge in [-0.1, -0.05) is 18.5 Å². The maximum absolute atomic E-state index is 5.99. The Balaban J connectivity index is 2.53. The maximum atomic E-state index is 5.99. The van der Waals surface area contributed by atoms with Crippen molar-refractivity contribution in [2.24, 2.45) is 0 Å². The van der Waals surface area contributed by atoms with Crippen molar-refractivity contribution in [3.8, 4) is 0 Å². The average molecular weight is 217 g/mol. The Morgan fingerprint density at radius 3 is 2.79 bits per heavy atom. The number of aryl methyl sites for hydroxylation is 1. The van der Waals surface area contributed by atoms with Gasteiger partial charge in [-0.05, 0) is 20.3 Å². The molecule has 0 aromatic carbocycles. The lowest BCUT2D eigenvalue weighted by molar-refractivity contribution is 0.0486. The molecule has 1 aromatic heterocycles. The van der Waals surface area contributed by atoms with Crippen LogP contribution in [0.25, 0.3) is 0 Å². The van der Waals surface area contributed by atoms with E-state index in [0.29, 0.717) is 11.6 Å². The first-order chi connectivity index (χ1) is 6.67. The molecule has 0 aliphatic rings. The third kappa shape index (κ3) is 3.00. The van der Waals surface area contributed by atoms with E-state index in [4.69, 9.17) is 16.3 Å². The fraction of sp³-hybridized carbons (Fsp3) is 0.700. The lowest BCUT2D eigenvalue weighted by atomic mass is 10.3. The van der Waals surface area contributed by atoms with Gasteiger partial charge in [0, 0.05) is 12.7 Å². The van der Waals surface area contributed by atoms with Gasteiger partial charge in [0.1, 0.15) is 5.69 Å². The van der Waals surface area contributed by atoms with Crippen LogP contribution in [-0.4, -0.2) is 15.9 Å². The van der Waals surface area contributed by atoms with E-state index >= 15 is 0 Å². The minimum absolute atomic E-state index is 0.262. The monoisotopic (exact) mass is 216 g/mol. The molecule has 0 aliphatic heterocycles. The summed E-state index contributed by atoms with van der Waals surface area (Å²) in [5.74, 6) is 0. The zero-order valence-corrected chi connectivity index (χ0v) is 9.71. The average Bonchev–Trinajstić information content (AvgIpc) is 2.55. The molecule has 1 rings (SSSR count). The van der Waals surface area contributed by atoms with E-state index in [2.05, 4.69) is 12.0 Å². The number of hydrogen-bond acceptors (Lipinski definition) is 2. The van der Waals surface area contributed by atoms with Crippen LogP contribution in [0.15, 0.2) is 6.20 Å². The Morgan fingerprint density at radius 2 is 2.29 bits per heavy atom. The molecule has 80 valence electrons. The molecule has 3 nitrogen and oxygen atoms in total. The highest BCUT2D eigenvalue weighted by molar-refractivity contribution is 6.31. The zero-order valence-electron chi connectivity index (χ0n) is 8.96. The van der Waals surface area contributed by atoms with Crippen molar-refractivity contribution in [3.63, 3.8) is 0 Å². The van der Waals surface area contributed by atoms with Gasteiger partial charge < -0.3 is 4.74 Å². The summed E-state index contributed by atoms with van der Waals surface area (Å²) in [7, 11) is 0. The fourth-order valence-electron chi connectivity index (χ4n) is 1.04. The van der Waals surface area contributed by atoms with E-state index in [-0.39, 0.29) is 6.10 Å². The van der Waals surface area contributed by atoms with Crippen LogP contribution in [0.2, 0.25) is 5.02 Å². The van der Waals surface area contributed by atoms with Crippen LogP contribution in [0.3, 0.4) is 0 Å². The van der Waals surface area contributed by atoms with Crippen LogP contribution in [0.4, 0.5) is 0 Å². The molecule has 0 bridgehead atoms. The van der Waals surface area contributed by atoms with Gasteiger partial charge in [0.25, 0.3) is 0 Å². The van der Waals surface area contributed by atoms with Crippen molar-refractivity contribution >= 4 is 11.6 Å². The van der Waals surface area contributed by atoms with Gasteiger partial charge in [-0.15, -0.1) is 0 Å². The predicted molar refractivity (Wildman–Crippen MR) is 57.5 cm³/mol. The smallest absolute Gasteiger partial charge is 0.107 e. The number of hydrogen-bond donors (Lipinski definition) is 0. The van der Waals surface area contributed by atoms with Crippen LogP contribution < -0.4 is 0 Å². The molecule has 0 fully saturated rings. The number of nitrogens with zero attached hydrogens (tertiary/aromatic N) is 2. The molecule has 0 saturated heterocycles. The SMILES string of the molecule is CC[C@@H](C)OCc1nn(CC)cc1Cl. The van der Waals surface area contributed by atoms with Crippen LogP contribution in [-0.2, 0) is 17.9 Å². The first-order valence-corrected chi connectivity index (χ1v) is 5.38. The number of aromatic nitrogens is 2. The fourth-order valence-corrected chi connectivity index (χ4v) is 1.24. The van der Waals surface area contributed by atoms with Gasteiger partial charge in [-0.3, -0.25) is 4.68 Å². The van der Waals surface area contributed by atoms with Gasteiger partial charge in [-0.2, -0.15) is 5.10 Å². The predicted octanol–water partition coefficient (Wildman–Crippen LogP) is 2.87. The second-order valence-electron chi connectivity index (χ2n) is 3.31. The van der Waals surface area contributed by atoms with Gasteiger partial charge in [0.05, 0.1) is 17.7 Å². The topological polar surface area (TPSA) is 27.1 Å². The van der Waals surface area contributed by atoms with Crippen molar-refractivity contribution in [1.82, 2.24) is 9.78 Å². The molecule has 14 heavy (non-hydrogen) atoms. The molecule has 1 atom stereocenters. The minimum Gasteiger partial charge on any atom is -0.372 e. The van der Waals surface area contributed by atoms with E-state index in [1.165, 1.54) is 0 Å². The van der Waals surface area contributed by atoms with Crippen LogP contribution in [0.5, 0.6) is 0 Å². The molecular formula is C10H17ClN2O. The second kappa shape index (κ2) is 5.37. The van der Waals surface area contributed by atoms with Gasteiger partial charge in [-0.25, -0.2) is 0 Å². The molecule has 0 saturated carbocycles. The first-order valence-electron chi connectivity index (χ1n) is 5.00. The lowest BCUT2D eigenvalue weighted by Gasteiger charge is -2.08. The van der Waals surface area contributed by atoms with Gasteiger partial charge in [0.2, 0.25) is 0 Å². The number of ether oxygens (including phenoxy) is 1. The maximum Gasteiger partial charge on any atom is 0.107 e. The summed E-state index contributed by atoms with van der Waals surface area (Å²) in [6.45, 7) is 7.51. The highest BCUT2D eigenvalue weighted by Crippen LogP contribution is 2.15. The minimum atomic E-state index is 0.262. The van der Waals surface area contributed by atoms with E-state index < -0.39 is 0 Å². The highest BCUT2D eigenvalue weighted by atomic mass is 35.5. The largest absolute Gasteiger partial charge is 0.372 e. The Hall–Kier alpha value is -0.540. The van der Waals surface area contributed by atoms with Crippen LogP contribution >= 0.6 is 11.6 Å². The van der Waals surface area contributed by atoms with Crippen LogP contribution in [0.1, 0.15) is 32.9 Å². The van der Waals surface area contributed by atoms with Crippen molar-refractivity contribution in [2.75, 3.05) is 0 Å². The summed E-state index contributed by atoms with van der Waals surface area (Å²) in [5, 5.41) is 4.98. The van der Waals surface area contributed by atoms with Crippen LogP contribution in [0, 0.1) is 0 Å². The van der Waals surface area contributed by atoms with Crippen molar-refractivity contribution in [2.45, 2.75) is 46.4 Å². The van der Waals surface area contributed by atoms with Crippen molar-refractivity contribution in [3.05, 3.63) is 16.9 Å². The van der Waals surface area contributed by atoms with Gasteiger partial charge >= 0.3 is 0 Å². The molecule has 1 aromatic rings. The molecule has 0 spiro atoms. The van der Waals surface area contributed by atoms with Crippen molar-refractivity contribution in [1.29, 1.82) is 0 Å². The summed E-state index contributed by atoms with van der Waals surface area (Å²) < 4.78 is 7.37. The number of halogens is 1. The summed E-state index contributed by atoms with van der Waals surface area (Å²) in [6, 6.07) is 0. The molecule has 0 N–H and O–H groups in total. The Bertz CT molecular complexity index is 286. The lowest BCUT2D eigenvalue weighted by Crippen LogP contribution is -2.07. The molecule has 0 amide bonds. The Labute approximate surface area is 90.0 Å². The zero-order chi connectivity index (χ0) is 10.6. The Kier molecular flexibility index (Phi) is 4.42. The summed E-state index contributed by atoms with van der Waals surface area (Å²) in [5.41, 5.74) is 0.828. The van der Waals surface area contributed by atoms with E-state index in [9.17, 15) is 0 Å². The van der Waals surface area contributed by atoms with E-state index in [1.54, 1.807) is 0 Å². The van der Waals surface area contributed by atoms with Gasteiger partial charge in [0.15, 0.2) is 0 Å². The first kappa shape index (κ1) is 11.5. The number of rotatable bonds is 5. The molecule has 0 aliphatic carbocycles. The summed E-state index contributed by atoms with van der Waals surface area (Å²) >= 11 is 5.99. The molecule has 1 heterocycles. The Morgan fingerprint density at radius 1 is 1.57 bits per heavy atom. The van der Waals surface area contributed by atoms with E-state index in [1.807, 2.05) is 24.7 Å². The third-order valence-electron chi connectivity index (χ3n) is 2.19. The second-order valence-corrected chi connectivity index (χ2v) is 3.72. The molecule has 0 unspecified atom stereocenters. The summed E-state index contributed by atoms with van der Waals surface area (Å²) in [4.78, 5) is 0. The van der Waals surface area contributed by atoms with E-state index in [0.717, 1.165) is 18.7 Å². The quantitative estimate of drug-likeness (QED) is 0.757. The van der Waals surface area contributed by atoms with Crippen molar-refractivity contribution < 1.29 is 4.74 Å².